The first-order valence-electron chi connectivity index (χ1n) is 10.6. The van der Waals surface area contributed by atoms with Gasteiger partial charge in [-0.25, -0.2) is 0 Å². The van der Waals surface area contributed by atoms with Crippen LogP contribution in [-0.2, 0) is 10.2 Å². The third-order valence-corrected chi connectivity index (χ3v) is 6.68. The van der Waals surface area contributed by atoms with Gasteiger partial charge >= 0.3 is 0 Å². The summed E-state index contributed by atoms with van der Waals surface area (Å²) in [7, 11) is 0. The minimum Gasteiger partial charge on any atom is -0.303 e. The SMILES string of the molecule is CCC(=O)C(CCN1CCCCC1)(c1ccccc1)C1CCCCC1. The van der Waals surface area contributed by atoms with Gasteiger partial charge in [0.2, 0.25) is 0 Å². The molecule has 1 unspecified atom stereocenters. The van der Waals surface area contributed by atoms with Gasteiger partial charge in [0.1, 0.15) is 5.78 Å². The summed E-state index contributed by atoms with van der Waals surface area (Å²) in [5, 5.41) is 0. The number of nitrogens with zero attached hydrogens (tertiary/aromatic N) is 1. The quantitative estimate of drug-likeness (QED) is 0.665. The van der Waals surface area contributed by atoms with Crippen LogP contribution in [0.2, 0.25) is 0 Å². The van der Waals surface area contributed by atoms with Crippen molar-refractivity contribution < 1.29 is 4.79 Å². The topological polar surface area (TPSA) is 20.3 Å². The number of likely N-dealkylation sites (tertiary alicyclic amines) is 1. The zero-order chi connectivity index (χ0) is 17.5. The number of hydrogen-bond acceptors (Lipinski definition) is 2. The van der Waals surface area contributed by atoms with Gasteiger partial charge in [-0.1, -0.05) is 62.9 Å². The Morgan fingerprint density at radius 2 is 1.64 bits per heavy atom. The lowest BCUT2D eigenvalue weighted by Gasteiger charge is -2.43. The summed E-state index contributed by atoms with van der Waals surface area (Å²) in [5.41, 5.74) is 1.03. The van der Waals surface area contributed by atoms with E-state index >= 15 is 0 Å². The molecule has 1 saturated carbocycles. The van der Waals surface area contributed by atoms with Crippen LogP contribution < -0.4 is 0 Å². The number of carbonyl (C=O) groups is 1. The number of piperidine rings is 1. The molecule has 1 heterocycles. The molecule has 2 heteroatoms. The van der Waals surface area contributed by atoms with Crippen molar-refractivity contribution in [2.75, 3.05) is 19.6 Å². The molecular formula is C23H35NO. The maximum Gasteiger partial charge on any atom is 0.143 e. The van der Waals surface area contributed by atoms with Gasteiger partial charge in [-0.3, -0.25) is 4.79 Å². The lowest BCUT2D eigenvalue weighted by molar-refractivity contribution is -0.127. The lowest BCUT2D eigenvalue weighted by atomic mass is 9.60. The van der Waals surface area contributed by atoms with Crippen LogP contribution in [0.1, 0.15) is 76.7 Å². The van der Waals surface area contributed by atoms with E-state index in [0.29, 0.717) is 18.1 Å². The summed E-state index contributed by atoms with van der Waals surface area (Å²) in [6, 6.07) is 10.8. The van der Waals surface area contributed by atoms with E-state index in [0.717, 1.165) is 13.0 Å². The van der Waals surface area contributed by atoms with Crippen LogP contribution in [-0.4, -0.2) is 30.3 Å². The Labute approximate surface area is 154 Å². The van der Waals surface area contributed by atoms with Gasteiger partial charge in [-0.2, -0.15) is 0 Å². The minimum absolute atomic E-state index is 0.256. The minimum atomic E-state index is -0.256. The van der Waals surface area contributed by atoms with Crippen molar-refractivity contribution in [2.24, 2.45) is 5.92 Å². The molecule has 0 N–H and O–H groups in total. The van der Waals surface area contributed by atoms with Crippen LogP contribution in [0.15, 0.2) is 30.3 Å². The molecule has 0 amide bonds. The number of hydrogen-bond donors (Lipinski definition) is 0. The number of benzene rings is 1. The summed E-state index contributed by atoms with van der Waals surface area (Å²) in [4.78, 5) is 16.0. The normalized spacial score (nSPS) is 22.4. The van der Waals surface area contributed by atoms with Gasteiger partial charge in [0.25, 0.3) is 0 Å². The molecule has 3 rings (SSSR count). The molecule has 1 aliphatic heterocycles. The van der Waals surface area contributed by atoms with Crippen LogP contribution in [0.25, 0.3) is 0 Å². The highest BCUT2D eigenvalue weighted by atomic mass is 16.1. The summed E-state index contributed by atoms with van der Waals surface area (Å²) in [5.74, 6) is 1.00. The summed E-state index contributed by atoms with van der Waals surface area (Å²) in [6.07, 6.45) is 12.1. The van der Waals surface area contributed by atoms with Crippen LogP contribution >= 0.6 is 0 Å². The van der Waals surface area contributed by atoms with Crippen molar-refractivity contribution in [3.63, 3.8) is 0 Å². The molecule has 0 radical (unpaired) electrons. The van der Waals surface area contributed by atoms with Crippen LogP contribution in [0, 0.1) is 5.92 Å². The molecule has 2 fully saturated rings. The average molecular weight is 342 g/mol. The second-order valence-electron chi connectivity index (χ2n) is 8.10. The van der Waals surface area contributed by atoms with Crippen molar-refractivity contribution in [2.45, 2.75) is 76.5 Å². The molecule has 138 valence electrons. The van der Waals surface area contributed by atoms with Gasteiger partial charge < -0.3 is 4.90 Å². The molecule has 25 heavy (non-hydrogen) atoms. The predicted molar refractivity (Wildman–Crippen MR) is 105 cm³/mol. The molecule has 0 bridgehead atoms. The van der Waals surface area contributed by atoms with E-state index in [4.69, 9.17) is 0 Å². The highest BCUT2D eigenvalue weighted by Crippen LogP contribution is 2.45. The molecule has 0 spiro atoms. The Bertz CT molecular complexity index is 528. The summed E-state index contributed by atoms with van der Waals surface area (Å²) in [6.45, 7) is 5.58. The van der Waals surface area contributed by atoms with Gasteiger partial charge in [0.15, 0.2) is 0 Å². The second-order valence-corrected chi connectivity index (χ2v) is 8.10. The van der Waals surface area contributed by atoms with Gasteiger partial charge in [-0.15, -0.1) is 0 Å². The highest BCUT2D eigenvalue weighted by Gasteiger charge is 2.45. The van der Waals surface area contributed by atoms with Crippen LogP contribution in [0.4, 0.5) is 0 Å². The van der Waals surface area contributed by atoms with E-state index < -0.39 is 0 Å². The van der Waals surface area contributed by atoms with E-state index in [1.54, 1.807) is 0 Å². The molecule has 0 aromatic heterocycles. The number of carbonyl (C=O) groups excluding carboxylic acids is 1. The van der Waals surface area contributed by atoms with Crippen molar-refractivity contribution in [1.82, 2.24) is 4.90 Å². The number of Topliss-reactive ketones (excluding diaryl/α,β-unsaturated/α-hetero) is 1. The first kappa shape index (κ1) is 18.6. The lowest BCUT2D eigenvalue weighted by Crippen LogP contribution is -2.47. The molecule has 1 aromatic carbocycles. The van der Waals surface area contributed by atoms with Crippen molar-refractivity contribution in [3.05, 3.63) is 35.9 Å². The van der Waals surface area contributed by atoms with Crippen LogP contribution in [0.5, 0.6) is 0 Å². The average Bonchev–Trinajstić information content (AvgIpc) is 2.70. The third-order valence-electron chi connectivity index (χ3n) is 6.68. The fourth-order valence-electron chi connectivity index (χ4n) is 5.28. The summed E-state index contributed by atoms with van der Waals surface area (Å²) >= 11 is 0. The van der Waals surface area contributed by atoms with Gasteiger partial charge in [-0.05, 0) is 63.2 Å². The first-order chi connectivity index (χ1) is 12.3. The first-order valence-corrected chi connectivity index (χ1v) is 10.6. The van der Waals surface area contributed by atoms with E-state index in [1.807, 2.05) is 0 Å². The zero-order valence-electron chi connectivity index (χ0n) is 16.0. The monoisotopic (exact) mass is 341 g/mol. The molecule has 1 aliphatic carbocycles. The molecule has 2 nitrogen and oxygen atoms in total. The Kier molecular flexibility index (Phi) is 6.70. The zero-order valence-corrected chi connectivity index (χ0v) is 16.0. The van der Waals surface area contributed by atoms with Crippen molar-refractivity contribution in [1.29, 1.82) is 0 Å². The Hall–Kier alpha value is -1.15. The van der Waals surface area contributed by atoms with Gasteiger partial charge in [0, 0.05) is 6.42 Å². The van der Waals surface area contributed by atoms with E-state index in [1.165, 1.54) is 70.0 Å². The largest absolute Gasteiger partial charge is 0.303 e. The molecule has 1 atom stereocenters. The smallest absolute Gasteiger partial charge is 0.143 e. The second kappa shape index (κ2) is 8.98. The van der Waals surface area contributed by atoms with E-state index in [2.05, 4.69) is 42.2 Å². The maximum atomic E-state index is 13.4. The molecule has 1 saturated heterocycles. The van der Waals surface area contributed by atoms with Gasteiger partial charge in [0.05, 0.1) is 5.41 Å². The molecule has 1 aromatic rings. The van der Waals surface area contributed by atoms with Crippen molar-refractivity contribution >= 4 is 5.78 Å². The van der Waals surface area contributed by atoms with Crippen LogP contribution in [0.3, 0.4) is 0 Å². The Morgan fingerprint density at radius 1 is 1.00 bits per heavy atom. The molecular weight excluding hydrogens is 306 g/mol. The molecule has 2 aliphatic rings. The fourth-order valence-corrected chi connectivity index (χ4v) is 5.28. The van der Waals surface area contributed by atoms with E-state index in [9.17, 15) is 4.79 Å². The standard InChI is InChI=1S/C23H35NO/c1-2-22(25)23(20-12-6-3-7-13-20,21-14-8-4-9-15-21)16-19-24-17-10-5-11-18-24/h3,6-7,12-13,21H,2,4-5,8-11,14-19H2,1H3. The Morgan fingerprint density at radius 3 is 2.28 bits per heavy atom. The predicted octanol–water partition coefficient (Wildman–Crippen LogP) is 5.36. The number of rotatable bonds is 7. The number of ketones is 1. The maximum absolute atomic E-state index is 13.4. The highest BCUT2D eigenvalue weighted by molar-refractivity contribution is 5.90. The third kappa shape index (κ3) is 4.16. The van der Waals surface area contributed by atoms with Crippen molar-refractivity contribution in [3.8, 4) is 0 Å². The Balaban J connectivity index is 1.90. The fraction of sp³-hybridized carbons (Fsp3) is 0.696. The summed E-state index contributed by atoms with van der Waals surface area (Å²) < 4.78 is 0. The van der Waals surface area contributed by atoms with E-state index in [-0.39, 0.29) is 5.41 Å².